The smallest absolute Gasteiger partial charge is 0.462 e. The van der Waals surface area contributed by atoms with Crippen LogP contribution in [0.25, 0.3) is 0 Å². The highest BCUT2D eigenvalue weighted by Gasteiger charge is 2.51. The molecular formula is C51H89O13P. The zero-order chi connectivity index (χ0) is 47.8. The van der Waals surface area contributed by atoms with Crippen molar-refractivity contribution in [2.75, 3.05) is 13.2 Å². The molecule has 0 bridgehead atoms. The van der Waals surface area contributed by atoms with Gasteiger partial charge in [0, 0.05) is 12.8 Å². The van der Waals surface area contributed by atoms with Crippen molar-refractivity contribution in [2.24, 2.45) is 0 Å². The summed E-state index contributed by atoms with van der Waals surface area (Å²) in [5.41, 5.74) is 0. The van der Waals surface area contributed by atoms with E-state index in [4.69, 9.17) is 18.5 Å². The zero-order valence-electron chi connectivity index (χ0n) is 40.0. The van der Waals surface area contributed by atoms with Gasteiger partial charge in [0.05, 0.1) is 6.61 Å². The molecule has 1 fully saturated rings. The van der Waals surface area contributed by atoms with Gasteiger partial charge >= 0.3 is 19.8 Å². The van der Waals surface area contributed by atoms with Crippen molar-refractivity contribution in [1.29, 1.82) is 0 Å². The molecule has 0 heterocycles. The van der Waals surface area contributed by atoms with Crippen molar-refractivity contribution in [3.8, 4) is 0 Å². The highest BCUT2D eigenvalue weighted by molar-refractivity contribution is 7.47. The van der Waals surface area contributed by atoms with Crippen LogP contribution in [0.1, 0.15) is 194 Å². The number of ether oxygens (including phenoxy) is 2. The van der Waals surface area contributed by atoms with Gasteiger partial charge in [0.2, 0.25) is 0 Å². The number of allylic oxidation sites excluding steroid dienone is 10. The van der Waals surface area contributed by atoms with Gasteiger partial charge < -0.3 is 39.9 Å². The van der Waals surface area contributed by atoms with Crippen LogP contribution in [0.15, 0.2) is 60.8 Å². The summed E-state index contributed by atoms with van der Waals surface area (Å²) in [6.45, 7) is 3.14. The van der Waals surface area contributed by atoms with E-state index < -0.39 is 75.7 Å². The predicted octanol–water partition coefficient (Wildman–Crippen LogP) is 10.5. The average molecular weight is 941 g/mol. The summed E-state index contributed by atoms with van der Waals surface area (Å²) in [7, 11) is -5.13. The molecule has 0 aromatic carbocycles. The summed E-state index contributed by atoms with van der Waals surface area (Å²) in [5, 5.41) is 50.2. The SMILES string of the molecule is CC/C=C/C/C=C/C/C=C/CCCCCCCCCCCCCCCC(=O)OCC(COP(=O)(O)OC1C(O)C(O)C(O)[C@H](O)C1O)OC(=O)CC/C=C/C/C=C/CCCCCCCC. The van der Waals surface area contributed by atoms with E-state index in [1.54, 1.807) is 0 Å². The fourth-order valence-electron chi connectivity index (χ4n) is 7.36. The molecule has 0 aromatic rings. The van der Waals surface area contributed by atoms with Crippen LogP contribution in [0, 0.1) is 0 Å². The Bertz CT molecular complexity index is 1370. The molecule has 1 rings (SSSR count). The Hall–Kier alpha value is -2.45. The standard InChI is InChI=1S/C51H89O13P/c1-3-5-7-9-11-13-15-17-18-19-20-21-22-23-24-25-26-28-29-31-33-35-37-39-44(52)61-41-43(42-62-65(59,60)64-51-49(57)47(55)46(54)48(56)50(51)58)63-45(53)40-38-36-34-32-30-27-16-14-12-10-8-6-4-2/h5,7,11,13,17-18,27,30,34,36,43,46-51,54-58H,3-4,6,8-10,12,14-16,19-26,28-29,31-33,35,37-42H2,1-2H3,(H,59,60)/b7-5+,13-11+,18-17+,30-27+,36-34+/t43?,46?,47-,48?,49?,50?,51?/m0/s1. The number of hydrogen-bond acceptors (Lipinski definition) is 12. The van der Waals surface area contributed by atoms with Crippen molar-refractivity contribution in [3.63, 3.8) is 0 Å². The van der Waals surface area contributed by atoms with E-state index >= 15 is 0 Å². The molecule has 1 aliphatic carbocycles. The van der Waals surface area contributed by atoms with Gasteiger partial charge in [-0.25, -0.2) is 4.57 Å². The van der Waals surface area contributed by atoms with Crippen molar-refractivity contribution in [2.45, 2.75) is 236 Å². The Labute approximate surface area is 392 Å². The van der Waals surface area contributed by atoms with Gasteiger partial charge in [-0.1, -0.05) is 177 Å². The first-order valence-electron chi connectivity index (χ1n) is 25.1. The topological polar surface area (TPSA) is 210 Å². The lowest BCUT2D eigenvalue weighted by atomic mass is 9.85. The van der Waals surface area contributed by atoms with Gasteiger partial charge in [0.25, 0.3) is 0 Å². The Morgan fingerprint density at radius 3 is 1.40 bits per heavy atom. The van der Waals surface area contributed by atoms with E-state index in [9.17, 15) is 44.6 Å². The van der Waals surface area contributed by atoms with Gasteiger partial charge in [0.15, 0.2) is 6.10 Å². The number of phosphoric acid groups is 1. The highest BCUT2D eigenvalue weighted by Crippen LogP contribution is 2.47. The van der Waals surface area contributed by atoms with Gasteiger partial charge in [-0.15, -0.1) is 0 Å². The van der Waals surface area contributed by atoms with Crippen LogP contribution in [-0.4, -0.2) is 98.3 Å². The summed E-state index contributed by atoms with van der Waals surface area (Å²) in [6.07, 6.45) is 37.2. The van der Waals surface area contributed by atoms with Gasteiger partial charge in [-0.05, 0) is 64.2 Å². The summed E-state index contributed by atoms with van der Waals surface area (Å²) in [6, 6.07) is 0. The van der Waals surface area contributed by atoms with Crippen LogP contribution in [0.4, 0.5) is 0 Å². The van der Waals surface area contributed by atoms with E-state index in [0.717, 1.165) is 51.4 Å². The van der Waals surface area contributed by atoms with Crippen molar-refractivity contribution < 1.29 is 63.1 Å². The number of hydrogen-bond donors (Lipinski definition) is 6. The van der Waals surface area contributed by atoms with Gasteiger partial charge in [-0.3, -0.25) is 18.6 Å². The molecule has 0 aliphatic heterocycles. The lowest BCUT2D eigenvalue weighted by Gasteiger charge is -2.41. The first-order valence-corrected chi connectivity index (χ1v) is 26.6. The van der Waals surface area contributed by atoms with Gasteiger partial charge in [0.1, 0.15) is 43.2 Å². The minimum Gasteiger partial charge on any atom is -0.462 e. The summed E-state index contributed by atoms with van der Waals surface area (Å²) < 4.78 is 33.5. The Kier molecular flexibility index (Phi) is 37.8. The Balaban J connectivity index is 2.38. The highest BCUT2D eigenvalue weighted by atomic mass is 31.2. The maximum absolute atomic E-state index is 12.8. The van der Waals surface area contributed by atoms with Crippen molar-refractivity contribution >= 4 is 19.8 Å². The minimum atomic E-state index is -5.13. The summed E-state index contributed by atoms with van der Waals surface area (Å²) >= 11 is 0. The molecule has 376 valence electrons. The monoisotopic (exact) mass is 941 g/mol. The number of rotatable bonds is 41. The van der Waals surface area contributed by atoms with Crippen LogP contribution in [-0.2, 0) is 32.7 Å². The molecule has 65 heavy (non-hydrogen) atoms. The van der Waals surface area contributed by atoms with Crippen molar-refractivity contribution in [3.05, 3.63) is 60.8 Å². The number of carbonyl (C=O) groups is 2. The number of phosphoric ester groups is 1. The number of esters is 2. The second kappa shape index (κ2) is 40.6. The van der Waals surface area contributed by atoms with Crippen LogP contribution in [0.5, 0.6) is 0 Å². The first-order chi connectivity index (χ1) is 31.4. The molecule has 0 aromatic heterocycles. The number of unbranched alkanes of at least 4 members (excludes halogenated alkanes) is 19. The minimum absolute atomic E-state index is 0.0106. The number of aliphatic hydroxyl groups excluding tert-OH is 5. The Morgan fingerprint density at radius 1 is 0.492 bits per heavy atom. The molecule has 7 unspecified atom stereocenters. The largest absolute Gasteiger partial charge is 0.472 e. The zero-order valence-corrected chi connectivity index (χ0v) is 40.9. The quantitative estimate of drug-likeness (QED) is 0.0146. The van der Waals surface area contributed by atoms with Gasteiger partial charge in [-0.2, -0.15) is 0 Å². The maximum Gasteiger partial charge on any atom is 0.472 e. The third-order valence-electron chi connectivity index (χ3n) is 11.4. The molecule has 0 saturated heterocycles. The average Bonchev–Trinajstić information content (AvgIpc) is 3.29. The van der Waals surface area contributed by atoms with E-state index in [1.165, 1.54) is 103 Å². The second-order valence-corrected chi connectivity index (χ2v) is 18.7. The van der Waals surface area contributed by atoms with Crippen LogP contribution in [0.3, 0.4) is 0 Å². The van der Waals surface area contributed by atoms with Crippen LogP contribution < -0.4 is 0 Å². The van der Waals surface area contributed by atoms with Crippen LogP contribution in [0.2, 0.25) is 0 Å². The fourth-order valence-corrected chi connectivity index (χ4v) is 8.33. The lowest BCUT2D eigenvalue weighted by Crippen LogP contribution is -2.64. The molecule has 1 saturated carbocycles. The Morgan fingerprint density at radius 2 is 0.908 bits per heavy atom. The molecule has 1 aliphatic rings. The maximum atomic E-state index is 12.8. The number of carbonyl (C=O) groups excluding carboxylic acids is 2. The molecule has 6 N–H and O–H groups in total. The molecule has 14 heteroatoms. The second-order valence-electron chi connectivity index (χ2n) is 17.3. The number of aliphatic hydroxyl groups is 5. The molecule has 0 amide bonds. The van der Waals surface area contributed by atoms with E-state index in [1.807, 2.05) is 12.2 Å². The predicted molar refractivity (Wildman–Crippen MR) is 258 cm³/mol. The fraction of sp³-hybridized carbons (Fsp3) is 0.765. The summed E-state index contributed by atoms with van der Waals surface area (Å²) in [5.74, 6) is -1.18. The van der Waals surface area contributed by atoms with Crippen molar-refractivity contribution in [1.82, 2.24) is 0 Å². The lowest BCUT2D eigenvalue weighted by molar-refractivity contribution is -0.220. The molecular weight excluding hydrogens is 852 g/mol. The third kappa shape index (κ3) is 32.8. The first kappa shape index (κ1) is 60.6. The normalized spacial score (nSPS) is 21.9. The van der Waals surface area contributed by atoms with Crippen LogP contribution >= 0.6 is 7.82 Å². The van der Waals surface area contributed by atoms with E-state index in [2.05, 4.69) is 62.5 Å². The molecule has 8 atom stereocenters. The summed E-state index contributed by atoms with van der Waals surface area (Å²) in [4.78, 5) is 35.7. The third-order valence-corrected chi connectivity index (χ3v) is 12.3. The molecule has 0 spiro atoms. The van der Waals surface area contributed by atoms with E-state index in [-0.39, 0.29) is 12.8 Å². The molecule has 13 nitrogen and oxygen atoms in total. The van der Waals surface area contributed by atoms with E-state index in [0.29, 0.717) is 12.8 Å². The molecule has 0 radical (unpaired) electrons.